The average molecular weight is 418 g/mol. The normalized spacial score (nSPS) is 18.1. The van der Waals surface area contributed by atoms with Gasteiger partial charge in [-0.3, -0.25) is 14.9 Å². The van der Waals surface area contributed by atoms with Gasteiger partial charge in [-0.15, -0.1) is 11.3 Å². The molecule has 0 bridgehead atoms. The number of carbonyl (C=O) groups excluding carboxylic acids is 3. The lowest BCUT2D eigenvalue weighted by atomic mass is 10.0. The van der Waals surface area contributed by atoms with Crippen LogP contribution in [0.3, 0.4) is 0 Å². The Morgan fingerprint density at radius 2 is 2.11 bits per heavy atom. The number of ether oxygens (including phenoxy) is 1. The van der Waals surface area contributed by atoms with Crippen LogP contribution in [-0.2, 0) is 24.3 Å². The third-order valence-corrected chi connectivity index (χ3v) is 7.06. The number of sulfonamides is 1. The first-order chi connectivity index (χ1) is 12.7. The summed E-state index contributed by atoms with van der Waals surface area (Å²) in [5, 5.41) is 6.20. The van der Waals surface area contributed by atoms with Gasteiger partial charge in [0, 0.05) is 19.1 Å². The Kier molecular flexibility index (Phi) is 7.33. The van der Waals surface area contributed by atoms with Crippen molar-refractivity contribution in [2.24, 2.45) is 5.92 Å². The maximum Gasteiger partial charge on any atom is 0.321 e. The molecule has 150 valence electrons. The Morgan fingerprint density at radius 3 is 2.74 bits per heavy atom. The lowest BCUT2D eigenvalue weighted by Crippen LogP contribution is -2.45. The Labute approximate surface area is 162 Å². The third-order valence-electron chi connectivity index (χ3n) is 3.82. The average Bonchev–Trinajstić information content (AvgIpc) is 3.14. The lowest BCUT2D eigenvalue weighted by molar-refractivity contribution is -0.153. The van der Waals surface area contributed by atoms with Crippen LogP contribution >= 0.6 is 11.3 Å². The highest BCUT2D eigenvalue weighted by molar-refractivity contribution is 7.91. The van der Waals surface area contributed by atoms with E-state index in [4.69, 9.17) is 4.74 Å². The number of rotatable bonds is 6. The molecule has 1 aromatic rings. The summed E-state index contributed by atoms with van der Waals surface area (Å²) in [5.41, 5.74) is 0. The van der Waals surface area contributed by atoms with E-state index in [1.807, 2.05) is 0 Å². The highest BCUT2D eigenvalue weighted by atomic mass is 32.2. The molecular formula is C16H23N3O6S2. The van der Waals surface area contributed by atoms with E-state index in [9.17, 15) is 22.8 Å². The van der Waals surface area contributed by atoms with Crippen LogP contribution in [0.25, 0.3) is 0 Å². The van der Waals surface area contributed by atoms with E-state index in [-0.39, 0.29) is 16.8 Å². The summed E-state index contributed by atoms with van der Waals surface area (Å²) in [5.74, 6) is -2.05. The Hall–Kier alpha value is -1.98. The number of piperidine rings is 1. The highest BCUT2D eigenvalue weighted by Crippen LogP contribution is 2.26. The summed E-state index contributed by atoms with van der Waals surface area (Å²) in [6.45, 7) is 3.22. The topological polar surface area (TPSA) is 122 Å². The van der Waals surface area contributed by atoms with Crippen molar-refractivity contribution in [1.29, 1.82) is 0 Å². The molecule has 1 saturated heterocycles. The fourth-order valence-corrected chi connectivity index (χ4v) is 5.27. The summed E-state index contributed by atoms with van der Waals surface area (Å²) in [4.78, 5) is 35.3. The highest BCUT2D eigenvalue weighted by Gasteiger charge is 2.34. The van der Waals surface area contributed by atoms with Gasteiger partial charge in [0.2, 0.25) is 0 Å². The van der Waals surface area contributed by atoms with Crippen LogP contribution in [-0.4, -0.2) is 56.4 Å². The van der Waals surface area contributed by atoms with Gasteiger partial charge in [0.1, 0.15) is 4.21 Å². The molecule has 1 fully saturated rings. The molecule has 27 heavy (non-hydrogen) atoms. The first-order valence-electron chi connectivity index (χ1n) is 8.50. The number of nitrogens with one attached hydrogen (secondary N) is 2. The second-order valence-electron chi connectivity index (χ2n) is 6.42. The van der Waals surface area contributed by atoms with Gasteiger partial charge in [0.25, 0.3) is 15.9 Å². The zero-order valence-electron chi connectivity index (χ0n) is 15.1. The molecule has 0 saturated carbocycles. The van der Waals surface area contributed by atoms with Crippen LogP contribution < -0.4 is 10.6 Å². The van der Waals surface area contributed by atoms with Crippen molar-refractivity contribution in [1.82, 2.24) is 14.9 Å². The molecule has 1 unspecified atom stereocenters. The van der Waals surface area contributed by atoms with E-state index < -0.39 is 40.5 Å². The Morgan fingerprint density at radius 1 is 1.37 bits per heavy atom. The molecular weight excluding hydrogens is 394 g/mol. The maximum absolute atomic E-state index is 12.6. The number of urea groups is 1. The van der Waals surface area contributed by atoms with Crippen molar-refractivity contribution in [3.63, 3.8) is 0 Å². The molecule has 11 heteroatoms. The maximum atomic E-state index is 12.6. The van der Waals surface area contributed by atoms with Gasteiger partial charge in [-0.1, -0.05) is 6.07 Å². The van der Waals surface area contributed by atoms with Crippen molar-refractivity contribution in [2.45, 2.75) is 36.9 Å². The second-order valence-corrected chi connectivity index (χ2v) is 9.53. The Bertz CT molecular complexity index is 776. The summed E-state index contributed by atoms with van der Waals surface area (Å²) in [6, 6.07) is 2.37. The van der Waals surface area contributed by atoms with Gasteiger partial charge in [-0.2, -0.15) is 4.31 Å². The molecule has 0 spiro atoms. The number of esters is 1. The molecule has 0 aromatic carbocycles. The number of thiophene rings is 1. The molecule has 1 aliphatic heterocycles. The van der Waals surface area contributed by atoms with Crippen LogP contribution in [0.4, 0.5) is 4.79 Å². The molecule has 2 rings (SSSR count). The predicted octanol–water partition coefficient (Wildman–Crippen LogP) is 0.926. The van der Waals surface area contributed by atoms with Gasteiger partial charge in [0.05, 0.1) is 5.92 Å². The number of hydrogen-bond acceptors (Lipinski definition) is 7. The lowest BCUT2D eigenvalue weighted by Gasteiger charge is -2.30. The fraction of sp³-hybridized carbons (Fsp3) is 0.562. The number of hydrogen-bond donors (Lipinski definition) is 2. The SMILES string of the molecule is CC(C)NC(=O)NC(=O)COC(=O)C1CCCN(S(=O)(=O)c2cccs2)C1. The van der Waals surface area contributed by atoms with Gasteiger partial charge in [-0.25, -0.2) is 13.2 Å². The van der Waals surface area contributed by atoms with Crippen LogP contribution in [0.15, 0.2) is 21.7 Å². The second kappa shape index (κ2) is 9.29. The summed E-state index contributed by atoms with van der Waals surface area (Å²) in [6.07, 6.45) is 0.998. The van der Waals surface area contributed by atoms with Crippen LogP contribution in [0, 0.1) is 5.92 Å². The molecule has 3 amide bonds. The molecule has 0 radical (unpaired) electrons. The van der Waals surface area contributed by atoms with Crippen molar-refractivity contribution in [3.8, 4) is 0 Å². The first kappa shape index (κ1) is 21.3. The van der Waals surface area contributed by atoms with E-state index in [1.54, 1.807) is 25.3 Å². The first-order valence-corrected chi connectivity index (χ1v) is 10.8. The quantitative estimate of drug-likeness (QED) is 0.664. The summed E-state index contributed by atoms with van der Waals surface area (Å²) >= 11 is 1.12. The molecule has 1 aromatic heterocycles. The molecule has 1 atom stereocenters. The molecule has 2 N–H and O–H groups in total. The van der Waals surface area contributed by atoms with E-state index in [0.29, 0.717) is 19.4 Å². The zero-order valence-corrected chi connectivity index (χ0v) is 16.8. The summed E-state index contributed by atoms with van der Waals surface area (Å²) in [7, 11) is -3.63. The van der Waals surface area contributed by atoms with Gasteiger partial charge in [-0.05, 0) is 38.1 Å². The van der Waals surface area contributed by atoms with Crippen molar-refractivity contribution < 1.29 is 27.5 Å². The van der Waals surface area contributed by atoms with Crippen LogP contribution in [0.5, 0.6) is 0 Å². The van der Waals surface area contributed by atoms with Crippen molar-refractivity contribution >= 4 is 39.3 Å². The molecule has 1 aliphatic rings. The number of amides is 3. The van der Waals surface area contributed by atoms with Gasteiger partial charge in [0.15, 0.2) is 6.61 Å². The Balaban J connectivity index is 1.86. The molecule has 9 nitrogen and oxygen atoms in total. The third kappa shape index (κ3) is 6.01. The van der Waals surface area contributed by atoms with Crippen molar-refractivity contribution in [2.75, 3.05) is 19.7 Å². The number of imide groups is 1. The standard InChI is InChI=1S/C16H23N3O6S2/c1-11(2)17-16(22)18-13(20)10-25-15(21)12-5-3-7-19(9-12)27(23,24)14-6-4-8-26-14/h4,6,8,11-12H,3,5,7,9-10H2,1-2H3,(H2,17,18,20,22). The largest absolute Gasteiger partial charge is 0.455 e. The zero-order chi connectivity index (χ0) is 20.0. The monoisotopic (exact) mass is 417 g/mol. The number of nitrogens with zero attached hydrogens (tertiary/aromatic N) is 1. The summed E-state index contributed by atoms with van der Waals surface area (Å²) < 4.78 is 31.6. The minimum atomic E-state index is -3.63. The van der Waals surface area contributed by atoms with Gasteiger partial charge >= 0.3 is 12.0 Å². The molecule has 0 aliphatic carbocycles. The fourth-order valence-electron chi connectivity index (χ4n) is 2.61. The van der Waals surface area contributed by atoms with Crippen molar-refractivity contribution in [3.05, 3.63) is 17.5 Å². The van der Waals surface area contributed by atoms with Crippen LogP contribution in [0.2, 0.25) is 0 Å². The minimum Gasteiger partial charge on any atom is -0.455 e. The predicted molar refractivity (Wildman–Crippen MR) is 98.6 cm³/mol. The van der Waals surface area contributed by atoms with E-state index in [1.165, 1.54) is 10.4 Å². The van der Waals surface area contributed by atoms with Crippen LogP contribution in [0.1, 0.15) is 26.7 Å². The van der Waals surface area contributed by atoms with E-state index >= 15 is 0 Å². The van der Waals surface area contributed by atoms with E-state index in [0.717, 1.165) is 11.3 Å². The smallest absolute Gasteiger partial charge is 0.321 e. The minimum absolute atomic E-state index is 0.00845. The number of carbonyl (C=O) groups is 3. The van der Waals surface area contributed by atoms with Gasteiger partial charge < -0.3 is 10.1 Å². The molecule has 2 heterocycles. The van der Waals surface area contributed by atoms with E-state index in [2.05, 4.69) is 10.6 Å².